The molecule has 1 aromatic carbocycles. The summed E-state index contributed by atoms with van der Waals surface area (Å²) >= 11 is 0. The van der Waals surface area contributed by atoms with E-state index in [1.807, 2.05) is 6.92 Å². The molecule has 1 amide bonds. The molecule has 0 fully saturated rings. The number of nitrogens with one attached hydrogen (secondary N) is 3. The van der Waals surface area contributed by atoms with Gasteiger partial charge < -0.3 is 14.8 Å². The SMILES string of the molecule is CCCOc1ccc(NC(=N)NC(=O)OC)cc1. The first-order valence-corrected chi connectivity index (χ1v) is 5.59. The predicted molar refractivity (Wildman–Crippen MR) is 69.1 cm³/mol. The lowest BCUT2D eigenvalue weighted by molar-refractivity contribution is 0.176. The monoisotopic (exact) mass is 251 g/mol. The zero-order valence-electron chi connectivity index (χ0n) is 10.4. The van der Waals surface area contributed by atoms with Crippen LogP contribution in [-0.2, 0) is 4.74 Å². The minimum atomic E-state index is -0.685. The Morgan fingerprint density at radius 1 is 1.33 bits per heavy atom. The number of guanidine groups is 1. The van der Waals surface area contributed by atoms with Gasteiger partial charge in [0.1, 0.15) is 5.75 Å². The van der Waals surface area contributed by atoms with E-state index in [1.54, 1.807) is 24.3 Å². The topological polar surface area (TPSA) is 83.4 Å². The molecule has 0 aliphatic rings. The van der Waals surface area contributed by atoms with Crippen LogP contribution in [-0.4, -0.2) is 25.8 Å². The van der Waals surface area contributed by atoms with Gasteiger partial charge in [-0.3, -0.25) is 10.7 Å². The number of hydrogen-bond donors (Lipinski definition) is 3. The Hall–Kier alpha value is -2.24. The maximum absolute atomic E-state index is 10.9. The van der Waals surface area contributed by atoms with Crippen molar-refractivity contribution < 1.29 is 14.3 Å². The predicted octanol–water partition coefficient (Wildman–Crippen LogP) is 2.18. The number of carbonyl (C=O) groups is 1. The summed E-state index contributed by atoms with van der Waals surface area (Å²) < 4.78 is 9.80. The molecule has 6 heteroatoms. The van der Waals surface area contributed by atoms with Crippen molar-refractivity contribution in [2.45, 2.75) is 13.3 Å². The van der Waals surface area contributed by atoms with Gasteiger partial charge in [-0.1, -0.05) is 6.92 Å². The van der Waals surface area contributed by atoms with Crippen molar-refractivity contribution in [3.63, 3.8) is 0 Å². The van der Waals surface area contributed by atoms with E-state index >= 15 is 0 Å². The molecule has 0 bridgehead atoms. The van der Waals surface area contributed by atoms with E-state index < -0.39 is 6.09 Å². The van der Waals surface area contributed by atoms with Gasteiger partial charge in [0.2, 0.25) is 5.96 Å². The second-order valence-corrected chi connectivity index (χ2v) is 3.49. The van der Waals surface area contributed by atoms with Gasteiger partial charge in [0, 0.05) is 5.69 Å². The van der Waals surface area contributed by atoms with Gasteiger partial charge >= 0.3 is 6.09 Å². The maximum atomic E-state index is 10.9. The van der Waals surface area contributed by atoms with Crippen molar-refractivity contribution in [2.24, 2.45) is 0 Å². The van der Waals surface area contributed by atoms with Crippen LogP contribution in [0.15, 0.2) is 24.3 Å². The molecular formula is C12H17N3O3. The minimum absolute atomic E-state index is 0.149. The van der Waals surface area contributed by atoms with Crippen LogP contribution >= 0.6 is 0 Å². The average molecular weight is 251 g/mol. The number of alkyl carbamates (subject to hydrolysis) is 1. The number of benzene rings is 1. The third-order valence-corrected chi connectivity index (χ3v) is 2.01. The number of hydrogen-bond acceptors (Lipinski definition) is 4. The van der Waals surface area contributed by atoms with Crippen molar-refractivity contribution in [1.29, 1.82) is 5.41 Å². The third-order valence-electron chi connectivity index (χ3n) is 2.01. The van der Waals surface area contributed by atoms with Crippen LogP contribution in [0, 0.1) is 5.41 Å². The molecule has 0 atom stereocenters. The van der Waals surface area contributed by atoms with Gasteiger partial charge in [-0.25, -0.2) is 4.79 Å². The van der Waals surface area contributed by atoms with E-state index in [0.717, 1.165) is 12.2 Å². The molecule has 0 aliphatic heterocycles. The van der Waals surface area contributed by atoms with Crippen molar-refractivity contribution in [3.05, 3.63) is 24.3 Å². The smallest absolute Gasteiger partial charge is 0.413 e. The van der Waals surface area contributed by atoms with Crippen molar-refractivity contribution in [1.82, 2.24) is 5.32 Å². The van der Waals surface area contributed by atoms with E-state index in [4.69, 9.17) is 10.1 Å². The van der Waals surface area contributed by atoms with Crippen molar-refractivity contribution in [2.75, 3.05) is 19.0 Å². The summed E-state index contributed by atoms with van der Waals surface area (Å²) in [4.78, 5) is 10.9. The number of carbonyl (C=O) groups excluding carboxylic acids is 1. The van der Waals surface area contributed by atoms with Gasteiger partial charge in [-0.2, -0.15) is 0 Å². The van der Waals surface area contributed by atoms with Crippen LogP contribution in [0.25, 0.3) is 0 Å². The first-order valence-electron chi connectivity index (χ1n) is 5.59. The second-order valence-electron chi connectivity index (χ2n) is 3.49. The quantitative estimate of drug-likeness (QED) is 0.565. The summed E-state index contributed by atoms with van der Waals surface area (Å²) in [7, 11) is 1.24. The first-order chi connectivity index (χ1) is 8.65. The van der Waals surface area contributed by atoms with Gasteiger partial charge in [0.05, 0.1) is 13.7 Å². The third kappa shape index (κ3) is 4.73. The van der Waals surface area contributed by atoms with E-state index in [-0.39, 0.29) is 5.96 Å². The molecule has 0 spiro atoms. The van der Waals surface area contributed by atoms with Gasteiger partial charge in [-0.15, -0.1) is 0 Å². The Balaban J connectivity index is 2.47. The van der Waals surface area contributed by atoms with Crippen LogP contribution in [0.1, 0.15) is 13.3 Å². The highest BCUT2D eigenvalue weighted by molar-refractivity contribution is 6.00. The van der Waals surface area contributed by atoms with Gasteiger partial charge in [0.15, 0.2) is 0 Å². The lowest BCUT2D eigenvalue weighted by Gasteiger charge is -2.09. The summed E-state index contributed by atoms with van der Waals surface area (Å²) in [6.45, 7) is 2.71. The molecule has 3 N–H and O–H groups in total. The lowest BCUT2D eigenvalue weighted by atomic mass is 10.3. The highest BCUT2D eigenvalue weighted by atomic mass is 16.5. The fourth-order valence-corrected chi connectivity index (χ4v) is 1.18. The number of anilines is 1. The highest BCUT2D eigenvalue weighted by Crippen LogP contribution is 2.15. The normalized spacial score (nSPS) is 9.44. The van der Waals surface area contributed by atoms with E-state index in [2.05, 4.69) is 15.4 Å². The maximum Gasteiger partial charge on any atom is 0.413 e. The molecule has 0 radical (unpaired) electrons. The molecule has 0 aliphatic carbocycles. The zero-order chi connectivity index (χ0) is 13.4. The second kappa shape index (κ2) is 7.16. The molecule has 0 heterocycles. The summed E-state index contributed by atoms with van der Waals surface area (Å²) in [5.41, 5.74) is 0.681. The van der Waals surface area contributed by atoms with E-state index in [0.29, 0.717) is 12.3 Å². The molecule has 1 rings (SSSR count). The molecule has 0 saturated carbocycles. The summed E-state index contributed by atoms with van der Waals surface area (Å²) in [6, 6.07) is 7.11. The van der Waals surface area contributed by atoms with E-state index in [1.165, 1.54) is 7.11 Å². The highest BCUT2D eigenvalue weighted by Gasteiger charge is 2.03. The lowest BCUT2D eigenvalue weighted by Crippen LogP contribution is -2.34. The standard InChI is InChI=1S/C12H17N3O3/c1-3-8-18-10-6-4-9(5-7-10)14-11(13)15-12(16)17-2/h4-7H,3,8H2,1-2H3,(H3,13,14,15,16). The van der Waals surface area contributed by atoms with Gasteiger partial charge in [-0.05, 0) is 30.7 Å². The Morgan fingerprint density at radius 2 is 2.00 bits per heavy atom. The fourth-order valence-electron chi connectivity index (χ4n) is 1.18. The van der Waals surface area contributed by atoms with Crippen molar-refractivity contribution in [3.8, 4) is 5.75 Å². The molecule has 0 saturated heterocycles. The Labute approximate surface area is 106 Å². The summed E-state index contributed by atoms with van der Waals surface area (Å²) in [5, 5.41) is 12.4. The molecule has 0 aromatic heterocycles. The molecule has 1 aromatic rings. The number of amides is 1. The summed E-state index contributed by atoms with van der Waals surface area (Å²) in [5.74, 6) is 0.624. The van der Waals surface area contributed by atoms with Crippen LogP contribution in [0.5, 0.6) is 5.75 Å². The zero-order valence-corrected chi connectivity index (χ0v) is 10.4. The Bertz CT molecular complexity index is 404. The van der Waals surface area contributed by atoms with Crippen LogP contribution in [0.4, 0.5) is 10.5 Å². The number of rotatable bonds is 4. The molecule has 18 heavy (non-hydrogen) atoms. The molecule has 6 nitrogen and oxygen atoms in total. The molecule has 0 unspecified atom stereocenters. The average Bonchev–Trinajstić information content (AvgIpc) is 2.37. The van der Waals surface area contributed by atoms with Crippen LogP contribution < -0.4 is 15.4 Å². The number of methoxy groups -OCH3 is 1. The Kier molecular flexibility index (Phi) is 5.50. The minimum Gasteiger partial charge on any atom is -0.494 e. The van der Waals surface area contributed by atoms with Gasteiger partial charge in [0.25, 0.3) is 0 Å². The largest absolute Gasteiger partial charge is 0.494 e. The molecule has 98 valence electrons. The van der Waals surface area contributed by atoms with Crippen LogP contribution in [0.2, 0.25) is 0 Å². The summed E-state index contributed by atoms with van der Waals surface area (Å²) in [6.07, 6.45) is 0.267. The fraction of sp³-hybridized carbons (Fsp3) is 0.333. The first kappa shape index (κ1) is 13.8. The number of ether oxygens (including phenoxy) is 2. The van der Waals surface area contributed by atoms with Crippen molar-refractivity contribution >= 4 is 17.7 Å². The van der Waals surface area contributed by atoms with Crippen LogP contribution in [0.3, 0.4) is 0 Å². The Morgan fingerprint density at radius 3 is 2.56 bits per heavy atom. The molecular weight excluding hydrogens is 234 g/mol. The van der Waals surface area contributed by atoms with E-state index in [9.17, 15) is 4.79 Å².